The fourth-order valence-electron chi connectivity index (χ4n) is 7.38. The lowest BCUT2D eigenvalue weighted by molar-refractivity contribution is 1.19. The van der Waals surface area contributed by atoms with Crippen molar-refractivity contribution < 1.29 is 0 Å². The average Bonchev–Trinajstić information content (AvgIpc) is 3.71. The molecule has 10 rings (SSSR count). The summed E-state index contributed by atoms with van der Waals surface area (Å²) in [4.78, 5) is 8.51. The van der Waals surface area contributed by atoms with Crippen molar-refractivity contribution in [2.75, 3.05) is 0 Å². The van der Waals surface area contributed by atoms with E-state index in [1.165, 1.54) is 70.9 Å². The largest absolute Gasteiger partial charge is 0.354 e. The molecule has 3 heteroatoms. The second-order valence-electron chi connectivity index (χ2n) is 12.1. The van der Waals surface area contributed by atoms with Gasteiger partial charge in [-0.2, -0.15) is 0 Å². The van der Waals surface area contributed by atoms with Gasteiger partial charge in [-0.15, -0.1) is 0 Å². The third-order valence-corrected chi connectivity index (χ3v) is 9.52. The molecule has 0 bridgehead atoms. The van der Waals surface area contributed by atoms with Gasteiger partial charge in [0.25, 0.3) is 0 Å². The molecule has 3 nitrogen and oxygen atoms in total. The van der Waals surface area contributed by atoms with Crippen LogP contribution in [0.1, 0.15) is 0 Å². The van der Waals surface area contributed by atoms with Crippen LogP contribution in [0, 0.1) is 0 Å². The average molecular weight is 586 g/mol. The lowest BCUT2D eigenvalue weighted by Gasteiger charge is -2.18. The summed E-state index contributed by atoms with van der Waals surface area (Å²) in [7, 11) is 0. The van der Waals surface area contributed by atoms with Gasteiger partial charge in [0.2, 0.25) is 0 Å². The minimum absolute atomic E-state index is 0.952. The molecule has 10 aromatic rings. The number of imidazole rings is 1. The molecule has 3 heterocycles. The molecule has 0 saturated heterocycles. The van der Waals surface area contributed by atoms with Crippen LogP contribution in [-0.2, 0) is 0 Å². The number of fused-ring (bicyclic) bond motifs is 7. The normalized spacial score (nSPS) is 11.9. The van der Waals surface area contributed by atoms with Crippen LogP contribution in [0.5, 0.6) is 0 Å². The number of aromatic amines is 1. The highest BCUT2D eigenvalue weighted by Gasteiger charge is 2.18. The predicted octanol–water partition coefficient (Wildman–Crippen LogP) is 11.4. The van der Waals surface area contributed by atoms with Gasteiger partial charge in [0, 0.05) is 39.8 Å². The van der Waals surface area contributed by atoms with E-state index in [1.54, 1.807) is 0 Å². The lowest BCUT2D eigenvalue weighted by atomic mass is 9.85. The molecule has 46 heavy (non-hydrogen) atoms. The van der Waals surface area contributed by atoms with E-state index in [4.69, 9.17) is 4.98 Å². The number of hydrogen-bond donors (Lipinski definition) is 1. The molecule has 0 radical (unpaired) electrons. The molecule has 1 N–H and O–H groups in total. The van der Waals surface area contributed by atoms with Gasteiger partial charge in [-0.3, -0.25) is 0 Å². The highest BCUT2D eigenvalue weighted by molar-refractivity contribution is 6.22. The van der Waals surface area contributed by atoms with E-state index < -0.39 is 0 Å². The quantitative estimate of drug-likeness (QED) is 0.206. The van der Waals surface area contributed by atoms with E-state index in [2.05, 4.69) is 143 Å². The minimum Gasteiger partial charge on any atom is -0.354 e. The molecule has 214 valence electrons. The number of hydrogen-bond acceptors (Lipinski definition) is 1. The molecule has 3 aromatic heterocycles. The molecule has 0 fully saturated rings. The maximum Gasteiger partial charge on any atom is 0.137 e. The molecule has 0 unspecified atom stereocenters. The highest BCUT2D eigenvalue weighted by atomic mass is 15.0. The topological polar surface area (TPSA) is 33.1 Å². The maximum atomic E-state index is 4.84. The Labute approximate surface area is 265 Å². The number of benzene rings is 7. The summed E-state index contributed by atoms with van der Waals surface area (Å²) in [5.41, 5.74) is 10.3. The van der Waals surface area contributed by atoms with Crippen molar-refractivity contribution in [2.24, 2.45) is 0 Å². The van der Waals surface area contributed by atoms with Gasteiger partial charge in [-0.25, -0.2) is 4.98 Å². The minimum atomic E-state index is 0.952. The molecular formula is C43H27N3. The van der Waals surface area contributed by atoms with E-state index >= 15 is 0 Å². The van der Waals surface area contributed by atoms with Crippen molar-refractivity contribution in [1.29, 1.82) is 0 Å². The van der Waals surface area contributed by atoms with Crippen LogP contribution in [0.2, 0.25) is 0 Å². The standard InChI is InChI=1S/C43H27N3/c1-2-10-30-25-39-37(23-29(30)9-1)36-24-31(20-21-38(36)44-39)43-34-13-5-3-11-32(34)42(33-12-4-6-14-35(33)43)28-18-16-27(17-19-28)40-26-46-22-8-7-15-41(46)45-40/h1-26,44H. The molecular weight excluding hydrogens is 558 g/mol. The summed E-state index contributed by atoms with van der Waals surface area (Å²) >= 11 is 0. The predicted molar refractivity (Wildman–Crippen MR) is 193 cm³/mol. The van der Waals surface area contributed by atoms with Gasteiger partial charge in [0.05, 0.1) is 5.69 Å². The Balaban J connectivity index is 1.18. The van der Waals surface area contributed by atoms with Crippen LogP contribution in [0.25, 0.3) is 93.3 Å². The second kappa shape index (κ2) is 9.65. The molecule has 0 aliphatic rings. The maximum absolute atomic E-state index is 4.84. The van der Waals surface area contributed by atoms with Gasteiger partial charge < -0.3 is 9.38 Å². The van der Waals surface area contributed by atoms with E-state index in [9.17, 15) is 0 Å². The van der Waals surface area contributed by atoms with Crippen LogP contribution < -0.4 is 0 Å². The number of nitrogens with one attached hydrogen (secondary N) is 1. The van der Waals surface area contributed by atoms with E-state index in [0.29, 0.717) is 0 Å². The number of nitrogens with zero attached hydrogens (tertiary/aromatic N) is 2. The fraction of sp³-hybridized carbons (Fsp3) is 0. The van der Waals surface area contributed by atoms with Crippen molar-refractivity contribution in [1.82, 2.24) is 14.4 Å². The molecule has 0 spiro atoms. The Morgan fingerprint density at radius 3 is 1.70 bits per heavy atom. The van der Waals surface area contributed by atoms with Crippen LogP contribution in [0.3, 0.4) is 0 Å². The van der Waals surface area contributed by atoms with Crippen LogP contribution in [0.15, 0.2) is 158 Å². The zero-order valence-corrected chi connectivity index (χ0v) is 24.9. The first-order valence-electron chi connectivity index (χ1n) is 15.7. The van der Waals surface area contributed by atoms with Crippen molar-refractivity contribution >= 4 is 59.8 Å². The monoisotopic (exact) mass is 585 g/mol. The summed E-state index contributed by atoms with van der Waals surface area (Å²) in [5, 5.41) is 10.0. The summed E-state index contributed by atoms with van der Waals surface area (Å²) in [6.07, 6.45) is 4.13. The van der Waals surface area contributed by atoms with Gasteiger partial charge in [-0.1, -0.05) is 109 Å². The summed E-state index contributed by atoms with van der Waals surface area (Å²) in [5.74, 6) is 0. The Bertz CT molecular complexity index is 2710. The number of rotatable bonds is 3. The van der Waals surface area contributed by atoms with Gasteiger partial charge in [0.15, 0.2) is 0 Å². The van der Waals surface area contributed by atoms with Crippen molar-refractivity contribution in [2.45, 2.75) is 0 Å². The van der Waals surface area contributed by atoms with Crippen molar-refractivity contribution in [3.63, 3.8) is 0 Å². The summed E-state index contributed by atoms with van der Waals surface area (Å²) < 4.78 is 2.07. The van der Waals surface area contributed by atoms with Crippen molar-refractivity contribution in [3.8, 4) is 33.5 Å². The van der Waals surface area contributed by atoms with Gasteiger partial charge in [-0.05, 0) is 91.0 Å². The summed E-state index contributed by atoms with van der Waals surface area (Å²) in [6.45, 7) is 0. The Hall–Kier alpha value is -6.19. The molecule has 7 aromatic carbocycles. The molecule has 0 saturated carbocycles. The zero-order chi connectivity index (χ0) is 30.2. The first kappa shape index (κ1) is 25.2. The SMILES string of the molecule is c1ccc2cc3c(cc2c1)[nH]c1ccc(-c2c4ccccc4c(-c4ccc(-c5cn6ccccc6n5)cc4)c4ccccc24)cc13. The molecule has 0 aliphatic heterocycles. The van der Waals surface area contributed by atoms with E-state index in [-0.39, 0.29) is 0 Å². The van der Waals surface area contributed by atoms with Crippen LogP contribution in [-0.4, -0.2) is 14.4 Å². The number of pyridine rings is 1. The van der Waals surface area contributed by atoms with Gasteiger partial charge >= 0.3 is 0 Å². The first-order chi connectivity index (χ1) is 22.8. The van der Waals surface area contributed by atoms with E-state index in [0.717, 1.165) is 22.4 Å². The smallest absolute Gasteiger partial charge is 0.137 e. The summed E-state index contributed by atoms with van der Waals surface area (Å²) in [6, 6.07) is 52.8. The Morgan fingerprint density at radius 2 is 1.00 bits per heavy atom. The molecule has 0 amide bonds. The number of H-pyrrole nitrogens is 1. The zero-order valence-electron chi connectivity index (χ0n) is 24.9. The third-order valence-electron chi connectivity index (χ3n) is 9.52. The lowest BCUT2D eigenvalue weighted by Crippen LogP contribution is -1.91. The number of aromatic nitrogens is 3. The van der Waals surface area contributed by atoms with Crippen molar-refractivity contribution in [3.05, 3.63) is 158 Å². The highest BCUT2D eigenvalue weighted by Crippen LogP contribution is 2.45. The van der Waals surface area contributed by atoms with Crippen LogP contribution in [0.4, 0.5) is 0 Å². The van der Waals surface area contributed by atoms with Crippen LogP contribution >= 0.6 is 0 Å². The molecule has 0 atom stereocenters. The van der Waals surface area contributed by atoms with Gasteiger partial charge in [0.1, 0.15) is 5.65 Å². The molecule has 0 aliphatic carbocycles. The Kier molecular flexibility index (Phi) is 5.28. The Morgan fingerprint density at radius 1 is 0.435 bits per heavy atom. The second-order valence-corrected chi connectivity index (χ2v) is 12.1. The first-order valence-corrected chi connectivity index (χ1v) is 15.7. The third kappa shape index (κ3) is 3.75. The van der Waals surface area contributed by atoms with E-state index in [1.807, 2.05) is 24.4 Å². The fourth-order valence-corrected chi connectivity index (χ4v) is 7.38.